The second kappa shape index (κ2) is 5.38. The van der Waals surface area contributed by atoms with E-state index in [0.717, 1.165) is 15.7 Å². The van der Waals surface area contributed by atoms with Gasteiger partial charge in [-0.15, -0.1) is 0 Å². The van der Waals surface area contributed by atoms with Gasteiger partial charge < -0.3 is 5.73 Å². The van der Waals surface area contributed by atoms with E-state index in [4.69, 9.17) is 5.73 Å². The van der Waals surface area contributed by atoms with Gasteiger partial charge in [0.05, 0.1) is 11.7 Å². The van der Waals surface area contributed by atoms with Crippen LogP contribution in [0, 0.1) is 5.82 Å². The van der Waals surface area contributed by atoms with Crippen molar-refractivity contribution in [1.82, 2.24) is 4.98 Å². The Morgan fingerprint density at radius 2 is 1.88 bits per heavy atom. The van der Waals surface area contributed by atoms with Crippen molar-refractivity contribution in [3.8, 4) is 0 Å². The number of hydrogen-bond donors (Lipinski definition) is 1. The summed E-state index contributed by atoms with van der Waals surface area (Å²) in [7, 11) is 0. The third-order valence-corrected chi connectivity index (χ3v) is 2.97. The molecular formula is C13H12BrFN2. The summed E-state index contributed by atoms with van der Waals surface area (Å²) in [4.78, 5) is 4.25. The maximum atomic E-state index is 12.7. The van der Waals surface area contributed by atoms with Gasteiger partial charge in [-0.3, -0.25) is 4.98 Å². The molecule has 2 nitrogen and oxygen atoms in total. The van der Waals surface area contributed by atoms with Crippen molar-refractivity contribution in [1.29, 1.82) is 0 Å². The van der Waals surface area contributed by atoms with E-state index >= 15 is 0 Å². The van der Waals surface area contributed by atoms with Crippen molar-refractivity contribution in [2.75, 3.05) is 0 Å². The fourth-order valence-corrected chi connectivity index (χ4v) is 1.82. The molecule has 0 aliphatic rings. The molecule has 1 aromatic carbocycles. The third kappa shape index (κ3) is 3.35. The number of nitrogens with two attached hydrogens (primary N) is 1. The standard InChI is InChI=1S/C13H12BrFN2/c14-10-3-6-13(17-8-10)12(16)7-9-1-4-11(15)5-2-9/h1-6,8,12H,7,16H2. The van der Waals surface area contributed by atoms with Crippen LogP contribution in [0.4, 0.5) is 4.39 Å². The lowest BCUT2D eigenvalue weighted by Crippen LogP contribution is -2.14. The van der Waals surface area contributed by atoms with Gasteiger partial charge in [0.2, 0.25) is 0 Å². The number of nitrogens with zero attached hydrogens (tertiary/aromatic N) is 1. The zero-order chi connectivity index (χ0) is 12.3. The van der Waals surface area contributed by atoms with E-state index in [9.17, 15) is 4.39 Å². The molecule has 1 unspecified atom stereocenters. The van der Waals surface area contributed by atoms with Gasteiger partial charge in [-0.25, -0.2) is 4.39 Å². The summed E-state index contributed by atoms with van der Waals surface area (Å²) in [5.74, 6) is -0.232. The Morgan fingerprint density at radius 1 is 1.18 bits per heavy atom. The largest absolute Gasteiger partial charge is 0.322 e. The summed E-state index contributed by atoms with van der Waals surface area (Å²) < 4.78 is 13.7. The van der Waals surface area contributed by atoms with Crippen molar-refractivity contribution < 1.29 is 4.39 Å². The first-order chi connectivity index (χ1) is 8.15. The van der Waals surface area contributed by atoms with Crippen molar-refractivity contribution >= 4 is 15.9 Å². The SMILES string of the molecule is NC(Cc1ccc(F)cc1)c1ccc(Br)cn1. The molecule has 0 aliphatic heterocycles. The van der Waals surface area contributed by atoms with Crippen LogP contribution in [-0.2, 0) is 6.42 Å². The molecule has 0 bridgehead atoms. The molecule has 0 spiro atoms. The van der Waals surface area contributed by atoms with Gasteiger partial charge in [-0.05, 0) is 52.2 Å². The molecule has 0 fully saturated rings. The molecule has 4 heteroatoms. The molecule has 1 atom stereocenters. The van der Waals surface area contributed by atoms with Crippen LogP contribution in [0.15, 0.2) is 47.1 Å². The van der Waals surface area contributed by atoms with E-state index < -0.39 is 0 Å². The predicted octanol–water partition coefficient (Wildman–Crippen LogP) is 3.23. The first-order valence-corrected chi connectivity index (χ1v) is 6.06. The van der Waals surface area contributed by atoms with E-state index in [2.05, 4.69) is 20.9 Å². The van der Waals surface area contributed by atoms with Gasteiger partial charge in [0.1, 0.15) is 5.82 Å². The molecule has 0 amide bonds. The van der Waals surface area contributed by atoms with Crippen molar-refractivity contribution in [3.63, 3.8) is 0 Å². The number of rotatable bonds is 3. The average molecular weight is 295 g/mol. The number of pyridine rings is 1. The van der Waals surface area contributed by atoms with Crippen LogP contribution >= 0.6 is 15.9 Å². The summed E-state index contributed by atoms with van der Waals surface area (Å²) >= 11 is 3.32. The number of halogens is 2. The van der Waals surface area contributed by atoms with Crippen LogP contribution in [0.3, 0.4) is 0 Å². The Hall–Kier alpha value is -1.26. The first kappa shape index (κ1) is 12.2. The second-order valence-electron chi connectivity index (χ2n) is 3.84. The molecule has 2 aromatic rings. The van der Waals surface area contributed by atoms with E-state index in [-0.39, 0.29) is 11.9 Å². The lowest BCUT2D eigenvalue weighted by molar-refractivity contribution is 0.625. The van der Waals surface area contributed by atoms with Crippen molar-refractivity contribution in [2.45, 2.75) is 12.5 Å². The van der Waals surface area contributed by atoms with Crippen LogP contribution in [0.25, 0.3) is 0 Å². The fourth-order valence-electron chi connectivity index (χ4n) is 1.59. The summed E-state index contributed by atoms with van der Waals surface area (Å²) in [5, 5.41) is 0. The topological polar surface area (TPSA) is 38.9 Å². The van der Waals surface area contributed by atoms with Crippen molar-refractivity contribution in [2.24, 2.45) is 5.73 Å². The molecule has 0 radical (unpaired) electrons. The minimum atomic E-state index is -0.232. The quantitative estimate of drug-likeness (QED) is 0.944. The van der Waals surface area contributed by atoms with Crippen LogP contribution in [0.2, 0.25) is 0 Å². The minimum Gasteiger partial charge on any atom is -0.322 e. The molecule has 88 valence electrons. The molecule has 0 saturated heterocycles. The zero-order valence-corrected chi connectivity index (χ0v) is 10.7. The second-order valence-corrected chi connectivity index (χ2v) is 4.75. The van der Waals surface area contributed by atoms with Crippen LogP contribution in [0.1, 0.15) is 17.3 Å². The molecule has 0 aliphatic carbocycles. The Kier molecular flexibility index (Phi) is 3.86. The highest BCUT2D eigenvalue weighted by Gasteiger charge is 2.08. The normalized spacial score (nSPS) is 12.4. The highest BCUT2D eigenvalue weighted by molar-refractivity contribution is 9.10. The van der Waals surface area contributed by atoms with E-state index in [1.807, 2.05) is 12.1 Å². The van der Waals surface area contributed by atoms with Gasteiger partial charge in [0.15, 0.2) is 0 Å². The highest BCUT2D eigenvalue weighted by Crippen LogP contribution is 2.16. The van der Waals surface area contributed by atoms with E-state index in [1.165, 1.54) is 12.1 Å². The van der Waals surface area contributed by atoms with Gasteiger partial charge in [0, 0.05) is 10.7 Å². The van der Waals surface area contributed by atoms with Gasteiger partial charge >= 0.3 is 0 Å². The smallest absolute Gasteiger partial charge is 0.123 e. The first-order valence-electron chi connectivity index (χ1n) is 5.26. The Labute approximate surface area is 108 Å². The number of hydrogen-bond acceptors (Lipinski definition) is 2. The zero-order valence-electron chi connectivity index (χ0n) is 9.11. The average Bonchev–Trinajstić information content (AvgIpc) is 2.33. The maximum Gasteiger partial charge on any atom is 0.123 e. The van der Waals surface area contributed by atoms with E-state index in [1.54, 1.807) is 18.3 Å². The predicted molar refractivity (Wildman–Crippen MR) is 69.0 cm³/mol. The molecule has 0 saturated carbocycles. The molecule has 2 N–H and O–H groups in total. The third-order valence-electron chi connectivity index (χ3n) is 2.50. The maximum absolute atomic E-state index is 12.7. The monoisotopic (exact) mass is 294 g/mol. The Bertz CT molecular complexity index is 482. The van der Waals surface area contributed by atoms with Gasteiger partial charge in [-0.1, -0.05) is 12.1 Å². The number of benzene rings is 1. The lowest BCUT2D eigenvalue weighted by Gasteiger charge is -2.11. The summed E-state index contributed by atoms with van der Waals surface area (Å²) in [6.07, 6.45) is 2.37. The van der Waals surface area contributed by atoms with Crippen LogP contribution in [0.5, 0.6) is 0 Å². The van der Waals surface area contributed by atoms with Crippen molar-refractivity contribution in [3.05, 3.63) is 64.1 Å². The molecule has 1 aromatic heterocycles. The molecule has 17 heavy (non-hydrogen) atoms. The fraction of sp³-hybridized carbons (Fsp3) is 0.154. The Balaban J connectivity index is 2.08. The van der Waals surface area contributed by atoms with E-state index in [0.29, 0.717) is 6.42 Å². The van der Waals surface area contributed by atoms with Crippen LogP contribution in [-0.4, -0.2) is 4.98 Å². The summed E-state index contributed by atoms with van der Waals surface area (Å²) in [6.45, 7) is 0. The minimum absolute atomic E-state index is 0.173. The molecule has 1 heterocycles. The number of aromatic nitrogens is 1. The van der Waals surface area contributed by atoms with Crippen LogP contribution < -0.4 is 5.73 Å². The molecule has 2 rings (SSSR count). The Morgan fingerprint density at radius 3 is 2.47 bits per heavy atom. The van der Waals surface area contributed by atoms with Gasteiger partial charge in [0.25, 0.3) is 0 Å². The summed E-state index contributed by atoms with van der Waals surface area (Å²) in [5.41, 5.74) is 7.88. The van der Waals surface area contributed by atoms with Gasteiger partial charge in [-0.2, -0.15) is 0 Å². The highest BCUT2D eigenvalue weighted by atomic mass is 79.9. The summed E-state index contributed by atoms with van der Waals surface area (Å²) in [6, 6.07) is 10.00. The molecular weight excluding hydrogens is 283 g/mol. The lowest BCUT2D eigenvalue weighted by atomic mass is 10.0.